The van der Waals surface area contributed by atoms with Crippen LogP contribution in [0, 0.1) is 6.92 Å². The van der Waals surface area contributed by atoms with Crippen molar-refractivity contribution >= 4 is 23.4 Å². The second kappa shape index (κ2) is 10.1. The molecular formula is C27H35N7. The number of allylic oxidation sites excluding steroid dienone is 4. The summed E-state index contributed by atoms with van der Waals surface area (Å²) in [6, 6.07) is 2.22. The molecule has 3 aromatic rings. The molecule has 4 rings (SSSR count). The first-order chi connectivity index (χ1) is 16.4. The van der Waals surface area contributed by atoms with E-state index < -0.39 is 0 Å². The van der Waals surface area contributed by atoms with Crippen LogP contribution >= 0.6 is 0 Å². The second-order valence-corrected chi connectivity index (χ2v) is 8.85. The van der Waals surface area contributed by atoms with Crippen LogP contribution in [0.5, 0.6) is 0 Å². The molecule has 7 heteroatoms. The molecule has 0 amide bonds. The molecule has 7 nitrogen and oxygen atoms in total. The molecule has 178 valence electrons. The lowest BCUT2D eigenvalue weighted by Crippen LogP contribution is -2.43. The topological polar surface area (TPSA) is 68.8 Å². The average Bonchev–Trinajstić information content (AvgIpc) is 3.54. The maximum Gasteiger partial charge on any atom is 0.116 e. The van der Waals surface area contributed by atoms with Crippen molar-refractivity contribution in [1.29, 1.82) is 0 Å². The molecule has 1 saturated heterocycles. The van der Waals surface area contributed by atoms with E-state index in [2.05, 4.69) is 87.9 Å². The summed E-state index contributed by atoms with van der Waals surface area (Å²) in [6.45, 7) is 14.6. The van der Waals surface area contributed by atoms with Crippen LogP contribution in [0.1, 0.15) is 30.7 Å². The zero-order valence-electron chi connectivity index (χ0n) is 20.9. The van der Waals surface area contributed by atoms with Crippen LogP contribution in [-0.4, -0.2) is 68.0 Å². The van der Waals surface area contributed by atoms with Crippen molar-refractivity contribution in [2.75, 3.05) is 33.2 Å². The molecule has 2 N–H and O–H groups in total. The molecule has 1 aliphatic rings. The number of hydrogen-bond donors (Lipinski definition) is 2. The summed E-state index contributed by atoms with van der Waals surface area (Å²) in [5.41, 5.74) is 7.35. The van der Waals surface area contributed by atoms with Gasteiger partial charge in [0, 0.05) is 67.2 Å². The lowest BCUT2D eigenvalue weighted by atomic mass is 10.1. The maximum atomic E-state index is 4.67. The Balaban J connectivity index is 1.77. The van der Waals surface area contributed by atoms with Gasteiger partial charge in [0.15, 0.2) is 0 Å². The molecule has 0 aliphatic carbocycles. The Hall–Kier alpha value is -3.58. The highest BCUT2D eigenvalue weighted by Crippen LogP contribution is 2.28. The van der Waals surface area contributed by atoms with Crippen molar-refractivity contribution in [3.8, 4) is 11.4 Å². The van der Waals surface area contributed by atoms with Crippen molar-refractivity contribution < 1.29 is 0 Å². The normalized spacial score (nSPS) is 16.9. The molecule has 0 unspecified atom stereocenters. The molecular weight excluding hydrogens is 422 g/mol. The van der Waals surface area contributed by atoms with Crippen molar-refractivity contribution in [2.24, 2.45) is 7.05 Å². The van der Waals surface area contributed by atoms with Crippen LogP contribution in [0.3, 0.4) is 0 Å². The lowest BCUT2D eigenvalue weighted by Gasteiger charge is -2.35. The van der Waals surface area contributed by atoms with E-state index >= 15 is 0 Å². The number of aromatic amines is 2. The Morgan fingerprint density at radius 2 is 1.91 bits per heavy atom. The van der Waals surface area contributed by atoms with Gasteiger partial charge in [-0.15, -0.1) is 0 Å². The largest absolute Gasteiger partial charge is 0.368 e. The van der Waals surface area contributed by atoms with Gasteiger partial charge in [0.2, 0.25) is 0 Å². The van der Waals surface area contributed by atoms with Gasteiger partial charge < -0.3 is 14.8 Å². The quantitative estimate of drug-likeness (QED) is 0.559. The minimum atomic E-state index is 0.885. The Morgan fingerprint density at radius 3 is 2.56 bits per heavy atom. The van der Waals surface area contributed by atoms with Crippen molar-refractivity contribution in [2.45, 2.75) is 20.8 Å². The number of piperazine rings is 1. The highest BCUT2D eigenvalue weighted by Gasteiger charge is 2.21. The predicted molar refractivity (Wildman–Crippen MR) is 141 cm³/mol. The monoisotopic (exact) mass is 457 g/mol. The third-order valence-corrected chi connectivity index (χ3v) is 6.35. The van der Waals surface area contributed by atoms with Crippen LogP contribution in [-0.2, 0) is 7.05 Å². The first-order valence-corrected chi connectivity index (χ1v) is 11.8. The number of aromatic nitrogens is 5. The second-order valence-electron chi connectivity index (χ2n) is 8.85. The molecule has 3 aromatic heterocycles. The molecule has 0 radical (unpaired) electrons. The zero-order chi connectivity index (χ0) is 24.2. The molecule has 0 bridgehead atoms. The van der Waals surface area contributed by atoms with Crippen LogP contribution in [0.15, 0.2) is 43.3 Å². The van der Waals surface area contributed by atoms with Crippen LogP contribution < -0.4 is 10.6 Å². The Kier molecular flexibility index (Phi) is 7.03. The van der Waals surface area contributed by atoms with Gasteiger partial charge in [-0.1, -0.05) is 24.8 Å². The third kappa shape index (κ3) is 4.84. The maximum absolute atomic E-state index is 4.67. The van der Waals surface area contributed by atoms with E-state index in [1.165, 1.54) is 11.3 Å². The summed E-state index contributed by atoms with van der Waals surface area (Å²) >= 11 is 0. The molecule has 1 fully saturated rings. The van der Waals surface area contributed by atoms with Gasteiger partial charge in [-0.25, -0.2) is 0 Å². The number of hydrogen-bond acceptors (Lipinski definition) is 4. The van der Waals surface area contributed by atoms with Crippen LogP contribution in [0.2, 0.25) is 0 Å². The number of nitrogens with one attached hydrogen (secondary N) is 2. The van der Waals surface area contributed by atoms with E-state index in [9.17, 15) is 0 Å². The molecule has 4 heterocycles. The lowest BCUT2D eigenvalue weighted by molar-refractivity contribution is 0.207. The van der Waals surface area contributed by atoms with E-state index in [0.717, 1.165) is 65.0 Å². The Morgan fingerprint density at radius 1 is 1.15 bits per heavy atom. The summed E-state index contributed by atoms with van der Waals surface area (Å²) < 4.78 is 1.79. The van der Waals surface area contributed by atoms with E-state index in [4.69, 9.17) is 0 Å². The number of aryl methyl sites for hydroxylation is 2. The number of nitrogens with zero attached hydrogens (tertiary/aromatic N) is 5. The molecule has 0 aromatic carbocycles. The molecule has 0 atom stereocenters. The van der Waals surface area contributed by atoms with Gasteiger partial charge in [-0.2, -0.15) is 10.2 Å². The predicted octanol–water partition coefficient (Wildman–Crippen LogP) is 2.91. The van der Waals surface area contributed by atoms with E-state index in [1.54, 1.807) is 4.68 Å². The van der Waals surface area contributed by atoms with Gasteiger partial charge in [0.05, 0.1) is 17.2 Å². The van der Waals surface area contributed by atoms with Gasteiger partial charge in [-0.05, 0) is 51.6 Å². The average molecular weight is 458 g/mol. The van der Waals surface area contributed by atoms with Gasteiger partial charge in [-0.3, -0.25) is 9.78 Å². The van der Waals surface area contributed by atoms with Gasteiger partial charge >= 0.3 is 0 Å². The first-order valence-electron chi connectivity index (χ1n) is 11.8. The fourth-order valence-electron chi connectivity index (χ4n) is 4.33. The summed E-state index contributed by atoms with van der Waals surface area (Å²) in [6.07, 6.45) is 14.3. The molecule has 0 saturated carbocycles. The smallest absolute Gasteiger partial charge is 0.116 e. The molecule has 0 spiro atoms. The summed E-state index contributed by atoms with van der Waals surface area (Å²) in [5, 5.41) is 14.1. The summed E-state index contributed by atoms with van der Waals surface area (Å²) in [7, 11) is 4.09. The summed E-state index contributed by atoms with van der Waals surface area (Å²) in [5.74, 6) is 0. The van der Waals surface area contributed by atoms with E-state index in [0.29, 0.717) is 0 Å². The zero-order valence-corrected chi connectivity index (χ0v) is 20.9. The number of H-pyrrole nitrogens is 2. The summed E-state index contributed by atoms with van der Waals surface area (Å²) in [4.78, 5) is 8.45. The first kappa shape index (κ1) is 23.6. The standard InChI is InChI=1S/C27H35N7/c1-7-9-10-26(34-13-11-32(5)12-14-34)22-16-25(29-20(22)4)27-23(24(8-2)30-31-27)15-19(3)21-17-28-33(6)18-21/h7-10,15-18,29-30H,3,11-14H2,1-2,4-6H3/b9-7-,23-15+,24-8+,26-10+. The fourth-order valence-corrected chi connectivity index (χ4v) is 4.33. The van der Waals surface area contributed by atoms with Gasteiger partial charge in [0.1, 0.15) is 5.69 Å². The van der Waals surface area contributed by atoms with Gasteiger partial charge in [0.25, 0.3) is 0 Å². The fraction of sp³-hybridized carbons (Fsp3) is 0.333. The van der Waals surface area contributed by atoms with E-state index in [-0.39, 0.29) is 0 Å². The molecule has 34 heavy (non-hydrogen) atoms. The van der Waals surface area contributed by atoms with Crippen LogP contribution in [0.4, 0.5) is 0 Å². The van der Waals surface area contributed by atoms with E-state index in [1.807, 2.05) is 32.4 Å². The number of rotatable bonds is 6. The Bertz CT molecular complexity index is 1340. The van der Waals surface area contributed by atoms with Crippen LogP contribution in [0.25, 0.3) is 34.8 Å². The van der Waals surface area contributed by atoms with Crippen molar-refractivity contribution in [1.82, 2.24) is 34.8 Å². The van der Waals surface area contributed by atoms with Crippen molar-refractivity contribution in [3.05, 3.63) is 70.7 Å². The third-order valence-electron chi connectivity index (χ3n) is 6.35. The Labute approximate surface area is 201 Å². The van der Waals surface area contributed by atoms with Crippen molar-refractivity contribution in [3.63, 3.8) is 0 Å². The highest BCUT2D eigenvalue weighted by atomic mass is 15.3. The SMILES string of the molecule is C=C(/C=c1/c(-c2cc(/C(=C\C=C/C)N3CCN(C)CC3)c(C)[nH]2)n[nH]/c1=C/C)c1cnn(C)c1. The minimum Gasteiger partial charge on any atom is -0.368 e. The molecule has 1 aliphatic heterocycles. The number of likely N-dealkylation sites (N-methyl/N-ethyl adjacent to an activating group) is 1. The highest BCUT2D eigenvalue weighted by molar-refractivity contribution is 5.87. The minimum absolute atomic E-state index is 0.885.